The number of fused-ring (bicyclic) bond motifs is 1. The molecule has 1 aromatic heterocycles. The van der Waals surface area contributed by atoms with E-state index in [0.717, 1.165) is 25.0 Å². The molecule has 3 aromatic rings. The average molecular weight is 559 g/mol. The number of carbonyl (C=O) groups excluding carboxylic acids is 2. The summed E-state index contributed by atoms with van der Waals surface area (Å²) in [5.41, 5.74) is 1.62. The van der Waals surface area contributed by atoms with Gasteiger partial charge in [0.05, 0.1) is 21.4 Å². The van der Waals surface area contributed by atoms with E-state index < -0.39 is 0 Å². The standard InChI is InChI=1S/C28H32Cl2N4O4/c1-5-6-7-12-33(27(36)18-8-11-22-23(13-18)38-17-37-22)16-26(35)31-25-15-24(28(2,3)4)32-34(25)19-9-10-20(29)21(30)14-19/h8-11,13-15H,5-7,12,16-17H2,1-4H3,(H,31,35). The number of halogens is 2. The zero-order valence-corrected chi connectivity index (χ0v) is 23.5. The Hall–Kier alpha value is -3.23. The second kappa shape index (κ2) is 11.7. The first-order valence-corrected chi connectivity index (χ1v) is 13.4. The molecule has 0 saturated carbocycles. The van der Waals surface area contributed by atoms with Gasteiger partial charge in [-0.2, -0.15) is 5.10 Å². The number of benzene rings is 2. The highest BCUT2D eigenvalue weighted by Gasteiger charge is 2.25. The van der Waals surface area contributed by atoms with Crippen LogP contribution in [0.1, 0.15) is 63.0 Å². The van der Waals surface area contributed by atoms with Crippen molar-refractivity contribution in [1.29, 1.82) is 0 Å². The number of rotatable bonds is 9. The predicted octanol–water partition coefficient (Wildman–Crippen LogP) is 6.48. The van der Waals surface area contributed by atoms with Crippen molar-refractivity contribution in [2.75, 3.05) is 25.2 Å². The molecular weight excluding hydrogens is 527 g/mol. The molecule has 1 N–H and O–H groups in total. The van der Waals surface area contributed by atoms with Crippen LogP contribution in [0.15, 0.2) is 42.5 Å². The largest absolute Gasteiger partial charge is 0.454 e. The number of carbonyl (C=O) groups is 2. The lowest BCUT2D eigenvalue weighted by Gasteiger charge is -2.22. The number of aromatic nitrogens is 2. The summed E-state index contributed by atoms with van der Waals surface area (Å²) in [6.07, 6.45) is 2.73. The topological polar surface area (TPSA) is 85.7 Å². The van der Waals surface area contributed by atoms with E-state index in [2.05, 4.69) is 12.2 Å². The minimum Gasteiger partial charge on any atom is -0.454 e. The molecular formula is C28H32Cl2N4O4. The van der Waals surface area contributed by atoms with E-state index in [9.17, 15) is 9.59 Å². The summed E-state index contributed by atoms with van der Waals surface area (Å²) in [5.74, 6) is 1.01. The summed E-state index contributed by atoms with van der Waals surface area (Å²) >= 11 is 12.4. The van der Waals surface area contributed by atoms with Crippen LogP contribution in [0.25, 0.3) is 5.69 Å². The number of hydrogen-bond acceptors (Lipinski definition) is 5. The Balaban J connectivity index is 1.58. The SMILES string of the molecule is CCCCCN(CC(=O)Nc1cc(C(C)(C)C)nn1-c1ccc(Cl)c(Cl)c1)C(=O)c1ccc2c(c1)OCO2. The fourth-order valence-corrected chi connectivity index (χ4v) is 4.32. The first-order valence-electron chi connectivity index (χ1n) is 12.6. The molecule has 2 amide bonds. The fourth-order valence-electron chi connectivity index (χ4n) is 4.02. The van der Waals surface area contributed by atoms with Crippen molar-refractivity contribution in [2.24, 2.45) is 0 Å². The maximum Gasteiger partial charge on any atom is 0.254 e. The second-order valence-corrected chi connectivity index (χ2v) is 11.0. The minimum atomic E-state index is -0.336. The molecule has 0 atom stereocenters. The first-order chi connectivity index (χ1) is 18.1. The summed E-state index contributed by atoms with van der Waals surface area (Å²) in [4.78, 5) is 28.3. The number of ether oxygens (including phenoxy) is 2. The third kappa shape index (κ3) is 6.42. The molecule has 202 valence electrons. The van der Waals surface area contributed by atoms with Gasteiger partial charge in [-0.3, -0.25) is 9.59 Å². The molecule has 2 heterocycles. The highest BCUT2D eigenvalue weighted by molar-refractivity contribution is 6.42. The van der Waals surface area contributed by atoms with Crippen molar-refractivity contribution in [3.63, 3.8) is 0 Å². The summed E-state index contributed by atoms with van der Waals surface area (Å²) < 4.78 is 12.4. The highest BCUT2D eigenvalue weighted by Crippen LogP contribution is 2.33. The monoisotopic (exact) mass is 558 g/mol. The Morgan fingerprint density at radius 2 is 1.79 bits per heavy atom. The van der Waals surface area contributed by atoms with Crippen LogP contribution < -0.4 is 14.8 Å². The number of amides is 2. The second-order valence-electron chi connectivity index (χ2n) is 10.2. The molecule has 0 radical (unpaired) electrons. The van der Waals surface area contributed by atoms with Crippen LogP contribution in [-0.2, 0) is 10.2 Å². The normalized spacial score (nSPS) is 12.5. The van der Waals surface area contributed by atoms with Crippen molar-refractivity contribution in [3.8, 4) is 17.2 Å². The van der Waals surface area contributed by atoms with Gasteiger partial charge < -0.3 is 19.7 Å². The van der Waals surface area contributed by atoms with Crippen LogP contribution in [0, 0.1) is 0 Å². The zero-order valence-electron chi connectivity index (χ0n) is 22.0. The lowest BCUT2D eigenvalue weighted by molar-refractivity contribution is -0.117. The van der Waals surface area contributed by atoms with E-state index in [1.807, 2.05) is 26.8 Å². The van der Waals surface area contributed by atoms with Crippen molar-refractivity contribution < 1.29 is 19.1 Å². The van der Waals surface area contributed by atoms with Gasteiger partial charge >= 0.3 is 0 Å². The van der Waals surface area contributed by atoms with E-state index in [1.165, 1.54) is 0 Å². The maximum atomic E-state index is 13.4. The molecule has 8 nitrogen and oxygen atoms in total. The lowest BCUT2D eigenvalue weighted by Crippen LogP contribution is -2.39. The molecule has 10 heteroatoms. The lowest BCUT2D eigenvalue weighted by atomic mass is 9.92. The van der Waals surface area contributed by atoms with Gasteiger partial charge in [-0.05, 0) is 42.8 Å². The Morgan fingerprint density at radius 3 is 2.50 bits per heavy atom. The predicted molar refractivity (Wildman–Crippen MR) is 149 cm³/mol. The van der Waals surface area contributed by atoms with E-state index >= 15 is 0 Å². The quantitative estimate of drug-likeness (QED) is 0.304. The Labute approximate surface area is 232 Å². The van der Waals surface area contributed by atoms with Crippen molar-refractivity contribution in [1.82, 2.24) is 14.7 Å². The number of nitrogens with zero attached hydrogens (tertiary/aromatic N) is 3. The Morgan fingerprint density at radius 1 is 1.03 bits per heavy atom. The average Bonchev–Trinajstić information content (AvgIpc) is 3.51. The number of nitrogens with one attached hydrogen (secondary N) is 1. The highest BCUT2D eigenvalue weighted by atomic mass is 35.5. The number of anilines is 1. The zero-order chi connectivity index (χ0) is 27.4. The molecule has 38 heavy (non-hydrogen) atoms. The summed E-state index contributed by atoms with van der Waals surface area (Å²) in [6, 6.07) is 12.1. The van der Waals surface area contributed by atoms with E-state index in [-0.39, 0.29) is 30.6 Å². The van der Waals surface area contributed by atoms with Crippen molar-refractivity contribution in [2.45, 2.75) is 52.4 Å². The Bertz CT molecular complexity index is 1330. The smallest absolute Gasteiger partial charge is 0.254 e. The molecule has 0 fully saturated rings. The molecule has 2 aromatic carbocycles. The van der Waals surface area contributed by atoms with Crippen molar-refractivity contribution >= 4 is 40.8 Å². The third-order valence-electron chi connectivity index (χ3n) is 6.17. The van der Waals surface area contributed by atoms with Gasteiger partial charge in [0, 0.05) is 23.6 Å². The van der Waals surface area contributed by atoms with Crippen LogP contribution in [0.3, 0.4) is 0 Å². The molecule has 4 rings (SSSR count). The van der Waals surface area contributed by atoms with Crippen LogP contribution in [-0.4, -0.2) is 46.4 Å². The van der Waals surface area contributed by atoms with Crippen LogP contribution in [0.4, 0.5) is 5.82 Å². The van der Waals surface area contributed by atoms with Gasteiger partial charge in [0.15, 0.2) is 11.5 Å². The molecule has 1 aliphatic rings. The molecule has 0 saturated heterocycles. The molecule has 0 spiro atoms. The maximum absolute atomic E-state index is 13.4. The first kappa shape index (κ1) is 27.8. The Kier molecular flexibility index (Phi) is 8.53. The summed E-state index contributed by atoms with van der Waals surface area (Å²) in [5, 5.41) is 8.48. The van der Waals surface area contributed by atoms with Gasteiger partial charge in [-0.15, -0.1) is 0 Å². The van der Waals surface area contributed by atoms with Gasteiger partial charge in [0.25, 0.3) is 5.91 Å². The van der Waals surface area contributed by atoms with Crippen LogP contribution in [0.2, 0.25) is 10.0 Å². The summed E-state index contributed by atoms with van der Waals surface area (Å²) in [7, 11) is 0. The molecule has 0 unspecified atom stereocenters. The number of hydrogen-bond donors (Lipinski definition) is 1. The van der Waals surface area contributed by atoms with E-state index in [0.29, 0.717) is 45.2 Å². The van der Waals surface area contributed by atoms with Crippen molar-refractivity contribution in [3.05, 3.63) is 63.8 Å². The molecule has 0 aliphatic carbocycles. The fraction of sp³-hybridized carbons (Fsp3) is 0.393. The van der Waals surface area contributed by atoms with Gasteiger partial charge in [-0.25, -0.2) is 4.68 Å². The van der Waals surface area contributed by atoms with Gasteiger partial charge in [-0.1, -0.05) is 63.7 Å². The third-order valence-corrected chi connectivity index (χ3v) is 6.90. The molecule has 0 bridgehead atoms. The minimum absolute atomic E-state index is 0.117. The van der Waals surface area contributed by atoms with Crippen LogP contribution >= 0.6 is 23.2 Å². The van der Waals surface area contributed by atoms with Gasteiger partial charge in [0.2, 0.25) is 12.7 Å². The van der Waals surface area contributed by atoms with Crippen LogP contribution in [0.5, 0.6) is 11.5 Å². The van der Waals surface area contributed by atoms with E-state index in [4.69, 9.17) is 37.8 Å². The number of unbranched alkanes of at least 4 members (excludes halogenated alkanes) is 2. The van der Waals surface area contributed by atoms with E-state index in [1.54, 1.807) is 46.0 Å². The molecule has 1 aliphatic heterocycles. The van der Waals surface area contributed by atoms with Gasteiger partial charge in [0.1, 0.15) is 12.4 Å². The summed E-state index contributed by atoms with van der Waals surface area (Å²) in [6.45, 7) is 8.67.